The molecule has 0 aliphatic heterocycles. The van der Waals surface area contributed by atoms with Gasteiger partial charge in [0.2, 0.25) is 11.8 Å². The Hall–Kier alpha value is -1.81. The number of benzene rings is 1. The van der Waals surface area contributed by atoms with Gasteiger partial charge in [0.25, 0.3) is 0 Å². The van der Waals surface area contributed by atoms with E-state index in [0.717, 1.165) is 18.5 Å². The standard InChI is InChI=1S/C15H18ClN3O/c1-2-11-20-14-8-10-17-15(19-14)18-13-5-3-12(4-6-13)7-9-16/h3-6,8,10H,2,7,9,11H2,1H3,(H,17,18,19). The second-order valence-electron chi connectivity index (χ2n) is 4.33. The van der Waals surface area contributed by atoms with Gasteiger partial charge in [0.05, 0.1) is 6.61 Å². The Bertz CT molecular complexity index is 531. The van der Waals surface area contributed by atoms with Gasteiger partial charge in [0.1, 0.15) is 0 Å². The molecule has 106 valence electrons. The van der Waals surface area contributed by atoms with E-state index >= 15 is 0 Å². The first kappa shape index (κ1) is 14.6. The molecule has 0 spiro atoms. The topological polar surface area (TPSA) is 47.0 Å². The zero-order valence-corrected chi connectivity index (χ0v) is 12.2. The number of anilines is 2. The summed E-state index contributed by atoms with van der Waals surface area (Å²) in [7, 11) is 0. The van der Waals surface area contributed by atoms with Crippen LogP contribution in [-0.4, -0.2) is 22.5 Å². The van der Waals surface area contributed by atoms with Gasteiger partial charge in [0.15, 0.2) is 0 Å². The molecule has 0 saturated heterocycles. The highest BCUT2D eigenvalue weighted by atomic mass is 35.5. The van der Waals surface area contributed by atoms with Crippen molar-refractivity contribution in [3.63, 3.8) is 0 Å². The molecular formula is C15H18ClN3O. The van der Waals surface area contributed by atoms with Gasteiger partial charge in [-0.05, 0) is 30.5 Å². The second-order valence-corrected chi connectivity index (χ2v) is 4.71. The number of aryl methyl sites for hydroxylation is 1. The molecule has 0 atom stereocenters. The molecular weight excluding hydrogens is 274 g/mol. The largest absolute Gasteiger partial charge is 0.478 e. The number of rotatable bonds is 7. The molecule has 0 unspecified atom stereocenters. The third kappa shape index (κ3) is 4.38. The second kappa shape index (κ2) is 7.70. The smallest absolute Gasteiger partial charge is 0.230 e. The predicted octanol–water partition coefficient (Wildman–Crippen LogP) is 3.79. The molecule has 0 bridgehead atoms. The first-order valence-electron chi connectivity index (χ1n) is 6.69. The van der Waals surface area contributed by atoms with Crippen LogP contribution in [-0.2, 0) is 6.42 Å². The first-order valence-corrected chi connectivity index (χ1v) is 7.23. The summed E-state index contributed by atoms with van der Waals surface area (Å²) in [4.78, 5) is 8.48. The maximum Gasteiger partial charge on any atom is 0.230 e. The summed E-state index contributed by atoms with van der Waals surface area (Å²) in [6.45, 7) is 2.71. The third-order valence-electron chi connectivity index (χ3n) is 2.68. The number of hydrogen-bond acceptors (Lipinski definition) is 4. The van der Waals surface area contributed by atoms with Crippen LogP contribution in [0.1, 0.15) is 18.9 Å². The molecule has 0 aliphatic carbocycles. The Kier molecular flexibility index (Phi) is 5.62. The van der Waals surface area contributed by atoms with Crippen molar-refractivity contribution >= 4 is 23.2 Å². The average molecular weight is 292 g/mol. The summed E-state index contributed by atoms with van der Waals surface area (Å²) in [6.07, 6.45) is 3.51. The lowest BCUT2D eigenvalue weighted by Crippen LogP contribution is -2.01. The molecule has 1 N–H and O–H groups in total. The average Bonchev–Trinajstić information content (AvgIpc) is 2.48. The lowest BCUT2D eigenvalue weighted by atomic mass is 10.1. The maximum absolute atomic E-state index is 5.72. The molecule has 0 amide bonds. The van der Waals surface area contributed by atoms with E-state index in [1.54, 1.807) is 12.3 Å². The van der Waals surface area contributed by atoms with Crippen LogP contribution in [0.15, 0.2) is 36.5 Å². The summed E-state index contributed by atoms with van der Waals surface area (Å²) in [5.74, 6) is 1.75. The Morgan fingerprint density at radius 1 is 1.20 bits per heavy atom. The van der Waals surface area contributed by atoms with Crippen LogP contribution in [0.4, 0.5) is 11.6 Å². The summed E-state index contributed by atoms with van der Waals surface area (Å²) < 4.78 is 5.48. The number of nitrogens with zero attached hydrogens (tertiary/aromatic N) is 2. The van der Waals surface area contributed by atoms with Gasteiger partial charge in [-0.2, -0.15) is 4.98 Å². The number of halogens is 1. The van der Waals surface area contributed by atoms with Gasteiger partial charge in [-0.1, -0.05) is 19.1 Å². The zero-order chi connectivity index (χ0) is 14.2. The van der Waals surface area contributed by atoms with E-state index in [-0.39, 0.29) is 0 Å². The number of ether oxygens (including phenoxy) is 1. The van der Waals surface area contributed by atoms with Crippen molar-refractivity contribution in [2.75, 3.05) is 17.8 Å². The van der Waals surface area contributed by atoms with Gasteiger partial charge >= 0.3 is 0 Å². The number of hydrogen-bond donors (Lipinski definition) is 1. The van der Waals surface area contributed by atoms with E-state index in [9.17, 15) is 0 Å². The van der Waals surface area contributed by atoms with Crippen LogP contribution in [0.25, 0.3) is 0 Å². The van der Waals surface area contributed by atoms with E-state index in [1.807, 2.05) is 24.3 Å². The summed E-state index contributed by atoms with van der Waals surface area (Å²) in [6, 6.07) is 9.82. The molecule has 20 heavy (non-hydrogen) atoms. The van der Waals surface area contributed by atoms with Crippen LogP contribution in [0.2, 0.25) is 0 Å². The van der Waals surface area contributed by atoms with Crippen molar-refractivity contribution in [1.29, 1.82) is 0 Å². The SMILES string of the molecule is CCCOc1ccnc(Nc2ccc(CCCl)cc2)n1. The van der Waals surface area contributed by atoms with Gasteiger partial charge in [-0.3, -0.25) is 0 Å². The van der Waals surface area contributed by atoms with Crippen molar-refractivity contribution in [3.8, 4) is 5.88 Å². The first-order chi connectivity index (χ1) is 9.81. The van der Waals surface area contributed by atoms with Crippen molar-refractivity contribution in [2.45, 2.75) is 19.8 Å². The van der Waals surface area contributed by atoms with E-state index in [1.165, 1.54) is 5.56 Å². The number of alkyl halides is 1. The lowest BCUT2D eigenvalue weighted by molar-refractivity contribution is 0.305. The lowest BCUT2D eigenvalue weighted by Gasteiger charge is -2.07. The highest BCUT2D eigenvalue weighted by Gasteiger charge is 2.01. The van der Waals surface area contributed by atoms with Gasteiger partial charge in [0, 0.05) is 23.8 Å². The Balaban J connectivity index is 2.01. The molecule has 1 heterocycles. The molecule has 1 aromatic heterocycles. The molecule has 2 aromatic rings. The fraction of sp³-hybridized carbons (Fsp3) is 0.333. The van der Waals surface area contributed by atoms with Crippen LogP contribution < -0.4 is 10.1 Å². The Morgan fingerprint density at radius 2 is 2.00 bits per heavy atom. The Labute approximate surface area is 124 Å². The fourth-order valence-corrected chi connectivity index (χ4v) is 1.90. The molecule has 4 nitrogen and oxygen atoms in total. The minimum absolute atomic E-state index is 0.531. The highest BCUT2D eigenvalue weighted by molar-refractivity contribution is 6.17. The molecule has 5 heteroatoms. The highest BCUT2D eigenvalue weighted by Crippen LogP contribution is 2.16. The van der Waals surface area contributed by atoms with Crippen LogP contribution >= 0.6 is 11.6 Å². The van der Waals surface area contributed by atoms with Crippen molar-refractivity contribution in [1.82, 2.24) is 9.97 Å². The van der Waals surface area contributed by atoms with E-state index in [0.29, 0.717) is 24.3 Å². The normalized spacial score (nSPS) is 10.3. The maximum atomic E-state index is 5.72. The minimum Gasteiger partial charge on any atom is -0.478 e. The van der Waals surface area contributed by atoms with E-state index in [4.69, 9.17) is 16.3 Å². The van der Waals surface area contributed by atoms with Crippen LogP contribution in [0.5, 0.6) is 5.88 Å². The van der Waals surface area contributed by atoms with Crippen molar-refractivity contribution < 1.29 is 4.74 Å². The van der Waals surface area contributed by atoms with Crippen LogP contribution in [0, 0.1) is 0 Å². The molecule has 1 aromatic carbocycles. The summed E-state index contributed by atoms with van der Waals surface area (Å²) in [5.41, 5.74) is 2.16. The summed E-state index contributed by atoms with van der Waals surface area (Å²) in [5, 5.41) is 3.15. The van der Waals surface area contributed by atoms with E-state index < -0.39 is 0 Å². The fourth-order valence-electron chi connectivity index (χ4n) is 1.68. The molecule has 0 aliphatic rings. The summed E-state index contributed by atoms with van der Waals surface area (Å²) >= 11 is 5.72. The van der Waals surface area contributed by atoms with Crippen molar-refractivity contribution in [3.05, 3.63) is 42.1 Å². The number of nitrogens with one attached hydrogen (secondary N) is 1. The predicted molar refractivity (Wildman–Crippen MR) is 82.0 cm³/mol. The molecule has 0 fully saturated rings. The number of aromatic nitrogens is 2. The minimum atomic E-state index is 0.531. The quantitative estimate of drug-likeness (QED) is 0.789. The van der Waals surface area contributed by atoms with E-state index in [2.05, 4.69) is 22.2 Å². The van der Waals surface area contributed by atoms with Crippen LogP contribution in [0.3, 0.4) is 0 Å². The molecule has 0 radical (unpaired) electrons. The third-order valence-corrected chi connectivity index (χ3v) is 2.87. The zero-order valence-electron chi connectivity index (χ0n) is 11.5. The monoisotopic (exact) mass is 291 g/mol. The van der Waals surface area contributed by atoms with Crippen molar-refractivity contribution in [2.24, 2.45) is 0 Å². The van der Waals surface area contributed by atoms with Gasteiger partial charge in [-0.25, -0.2) is 4.98 Å². The molecule has 0 saturated carbocycles. The van der Waals surface area contributed by atoms with Gasteiger partial charge in [-0.15, -0.1) is 11.6 Å². The Morgan fingerprint density at radius 3 is 2.70 bits per heavy atom. The van der Waals surface area contributed by atoms with Gasteiger partial charge < -0.3 is 10.1 Å². The molecule has 2 rings (SSSR count).